The molecule has 2 heterocycles. The topological polar surface area (TPSA) is 107 Å². The number of carbonyl (C=O) groups excluding carboxylic acids is 1. The van der Waals surface area contributed by atoms with E-state index in [1.165, 1.54) is 30.4 Å². The first-order valence-electron chi connectivity index (χ1n) is 4.81. The number of nitrogens with zero attached hydrogens (tertiary/aromatic N) is 4. The fourth-order valence-corrected chi connectivity index (χ4v) is 1.25. The Morgan fingerprint density at radius 2 is 2.17 bits per heavy atom. The molecule has 0 amide bonds. The van der Waals surface area contributed by atoms with Crippen LogP contribution in [0.3, 0.4) is 0 Å². The fourth-order valence-electron chi connectivity index (χ4n) is 1.25. The number of rotatable bonds is 3. The van der Waals surface area contributed by atoms with E-state index in [1.807, 2.05) is 0 Å². The molecule has 8 nitrogen and oxygen atoms in total. The van der Waals surface area contributed by atoms with Gasteiger partial charge in [0.1, 0.15) is 12.0 Å². The molecule has 1 N–H and O–H groups in total. The average molecular weight is 248 g/mol. The van der Waals surface area contributed by atoms with Crippen molar-refractivity contribution in [2.45, 2.75) is 0 Å². The van der Waals surface area contributed by atoms with Gasteiger partial charge in [0.25, 0.3) is 5.82 Å². The molecule has 0 bridgehead atoms. The van der Waals surface area contributed by atoms with Gasteiger partial charge in [-0.2, -0.15) is 0 Å². The molecule has 2 aromatic rings. The van der Waals surface area contributed by atoms with Gasteiger partial charge in [-0.15, -0.1) is 5.10 Å². The van der Waals surface area contributed by atoms with Crippen LogP contribution in [0.5, 0.6) is 0 Å². The molecule has 2 aromatic heterocycles. The van der Waals surface area contributed by atoms with Crippen molar-refractivity contribution >= 4 is 11.9 Å². The normalized spacial score (nSPS) is 10.1. The summed E-state index contributed by atoms with van der Waals surface area (Å²) in [7, 11) is 1.22. The van der Waals surface area contributed by atoms with Gasteiger partial charge in [0.2, 0.25) is 0 Å². The number of carbonyl (C=O) groups is 2. The number of hydrogen-bond donors (Lipinski definition) is 1. The Morgan fingerprint density at radius 3 is 2.83 bits per heavy atom. The number of pyridine rings is 1. The van der Waals surface area contributed by atoms with Crippen molar-refractivity contribution in [2.75, 3.05) is 7.11 Å². The SMILES string of the molecule is COC(=O)c1ncn(-c2ccnc(C(=O)O)c2)n1. The maximum atomic E-state index is 11.2. The van der Waals surface area contributed by atoms with Crippen LogP contribution in [0.4, 0.5) is 0 Å². The molecule has 2 rings (SSSR count). The number of carboxylic acids is 1. The van der Waals surface area contributed by atoms with Gasteiger partial charge >= 0.3 is 11.9 Å². The average Bonchev–Trinajstić information content (AvgIpc) is 2.87. The molecule has 8 heteroatoms. The van der Waals surface area contributed by atoms with E-state index in [0.717, 1.165) is 0 Å². The highest BCUT2D eigenvalue weighted by Crippen LogP contribution is 2.07. The van der Waals surface area contributed by atoms with Crippen molar-refractivity contribution < 1.29 is 19.4 Å². The molecule has 0 radical (unpaired) electrons. The third kappa shape index (κ3) is 2.17. The summed E-state index contributed by atoms with van der Waals surface area (Å²) in [5, 5.41) is 12.7. The minimum absolute atomic E-state index is 0.105. The maximum absolute atomic E-state index is 11.2. The summed E-state index contributed by atoms with van der Waals surface area (Å²) in [4.78, 5) is 29.3. The Bertz CT molecular complexity index is 607. The van der Waals surface area contributed by atoms with Gasteiger partial charge in [-0.3, -0.25) is 0 Å². The molecule has 0 aliphatic rings. The van der Waals surface area contributed by atoms with Gasteiger partial charge in [-0.25, -0.2) is 24.2 Å². The maximum Gasteiger partial charge on any atom is 0.377 e. The van der Waals surface area contributed by atoms with Gasteiger partial charge in [0.15, 0.2) is 0 Å². The predicted octanol–water partition coefficient (Wildman–Crippen LogP) is 0.147. The fraction of sp³-hybridized carbons (Fsp3) is 0.100. The molecule has 0 spiro atoms. The van der Waals surface area contributed by atoms with Crippen molar-refractivity contribution in [3.05, 3.63) is 36.2 Å². The van der Waals surface area contributed by atoms with Crippen LogP contribution < -0.4 is 0 Å². The van der Waals surface area contributed by atoms with E-state index in [1.54, 1.807) is 6.07 Å². The van der Waals surface area contributed by atoms with E-state index in [-0.39, 0.29) is 11.5 Å². The number of aromatic carboxylic acids is 1. The zero-order valence-corrected chi connectivity index (χ0v) is 9.27. The van der Waals surface area contributed by atoms with Gasteiger partial charge < -0.3 is 9.84 Å². The zero-order chi connectivity index (χ0) is 13.1. The van der Waals surface area contributed by atoms with Crippen LogP contribution in [0.15, 0.2) is 24.7 Å². The molecular weight excluding hydrogens is 240 g/mol. The number of methoxy groups -OCH3 is 1. The smallest absolute Gasteiger partial charge is 0.377 e. The molecule has 0 saturated heterocycles. The van der Waals surface area contributed by atoms with Crippen LogP contribution >= 0.6 is 0 Å². The van der Waals surface area contributed by atoms with Crippen LogP contribution in [0.25, 0.3) is 5.69 Å². The summed E-state index contributed by atoms with van der Waals surface area (Å²) < 4.78 is 5.73. The summed E-state index contributed by atoms with van der Waals surface area (Å²) in [5.74, 6) is -1.92. The third-order valence-corrected chi connectivity index (χ3v) is 2.09. The summed E-state index contributed by atoms with van der Waals surface area (Å²) in [6.45, 7) is 0. The van der Waals surface area contributed by atoms with E-state index in [4.69, 9.17) is 5.11 Å². The van der Waals surface area contributed by atoms with Gasteiger partial charge in [0.05, 0.1) is 12.8 Å². The first-order chi connectivity index (χ1) is 8.61. The van der Waals surface area contributed by atoms with Crippen molar-refractivity contribution in [2.24, 2.45) is 0 Å². The Morgan fingerprint density at radius 1 is 1.39 bits per heavy atom. The van der Waals surface area contributed by atoms with E-state index in [9.17, 15) is 9.59 Å². The van der Waals surface area contributed by atoms with Crippen LogP contribution in [-0.2, 0) is 4.74 Å². The lowest BCUT2D eigenvalue weighted by Gasteiger charge is -2.00. The number of esters is 1. The zero-order valence-electron chi connectivity index (χ0n) is 9.27. The first-order valence-corrected chi connectivity index (χ1v) is 4.81. The van der Waals surface area contributed by atoms with Crippen molar-refractivity contribution in [1.82, 2.24) is 19.7 Å². The number of aromatic nitrogens is 4. The minimum atomic E-state index is -1.15. The molecule has 0 unspecified atom stereocenters. The molecule has 0 aliphatic carbocycles. The van der Waals surface area contributed by atoms with Crippen LogP contribution in [-0.4, -0.2) is 43.9 Å². The Kier molecular flexibility index (Phi) is 3.00. The summed E-state index contributed by atoms with van der Waals surface area (Å²) >= 11 is 0. The van der Waals surface area contributed by atoms with Crippen molar-refractivity contribution in [3.8, 4) is 5.69 Å². The predicted molar refractivity (Wildman–Crippen MR) is 57.5 cm³/mol. The summed E-state index contributed by atoms with van der Waals surface area (Å²) in [6, 6.07) is 2.86. The number of carboxylic acid groups (broad SMARTS) is 1. The molecule has 0 aromatic carbocycles. The molecule has 92 valence electrons. The highest BCUT2D eigenvalue weighted by atomic mass is 16.5. The lowest BCUT2D eigenvalue weighted by atomic mass is 10.3. The lowest BCUT2D eigenvalue weighted by molar-refractivity contribution is 0.0586. The largest absolute Gasteiger partial charge is 0.477 e. The van der Waals surface area contributed by atoms with Crippen LogP contribution in [0.2, 0.25) is 0 Å². The van der Waals surface area contributed by atoms with E-state index in [0.29, 0.717) is 5.69 Å². The van der Waals surface area contributed by atoms with E-state index >= 15 is 0 Å². The van der Waals surface area contributed by atoms with Crippen LogP contribution in [0.1, 0.15) is 21.1 Å². The minimum Gasteiger partial charge on any atom is -0.477 e. The van der Waals surface area contributed by atoms with Gasteiger partial charge in [-0.05, 0) is 12.1 Å². The number of ether oxygens (including phenoxy) is 1. The molecule has 0 aliphatic heterocycles. The molecule has 0 saturated carbocycles. The van der Waals surface area contributed by atoms with Crippen LogP contribution in [0, 0.1) is 0 Å². The highest BCUT2D eigenvalue weighted by molar-refractivity contribution is 5.86. The highest BCUT2D eigenvalue weighted by Gasteiger charge is 2.13. The van der Waals surface area contributed by atoms with E-state index in [2.05, 4.69) is 19.8 Å². The monoisotopic (exact) mass is 248 g/mol. The first kappa shape index (κ1) is 11.7. The standard InChI is InChI=1S/C10H8N4O4/c1-18-10(17)8-12-5-14(13-8)6-2-3-11-7(4-6)9(15)16/h2-5H,1H3,(H,15,16). The lowest BCUT2D eigenvalue weighted by Crippen LogP contribution is -2.06. The molecule has 0 atom stereocenters. The number of hydrogen-bond acceptors (Lipinski definition) is 6. The van der Waals surface area contributed by atoms with Gasteiger partial charge in [-0.1, -0.05) is 0 Å². The van der Waals surface area contributed by atoms with Gasteiger partial charge in [0, 0.05) is 6.20 Å². The second-order valence-corrected chi connectivity index (χ2v) is 3.21. The van der Waals surface area contributed by atoms with Crippen molar-refractivity contribution in [1.29, 1.82) is 0 Å². The third-order valence-electron chi connectivity index (χ3n) is 2.09. The Hall–Kier alpha value is -2.77. The Labute approximate surface area is 101 Å². The second kappa shape index (κ2) is 4.62. The molecular formula is C10H8N4O4. The Balaban J connectivity index is 2.37. The molecule has 18 heavy (non-hydrogen) atoms. The summed E-state index contributed by atoms with van der Waals surface area (Å²) in [5.41, 5.74) is 0.313. The second-order valence-electron chi connectivity index (χ2n) is 3.21. The van der Waals surface area contributed by atoms with Crippen molar-refractivity contribution in [3.63, 3.8) is 0 Å². The van der Waals surface area contributed by atoms with E-state index < -0.39 is 11.9 Å². The summed E-state index contributed by atoms with van der Waals surface area (Å²) in [6.07, 6.45) is 2.62. The quantitative estimate of drug-likeness (QED) is 0.770. The molecule has 0 fully saturated rings.